The maximum atomic E-state index is 5.08. The molecule has 5 heteroatoms. The van der Waals surface area contributed by atoms with Crippen molar-refractivity contribution in [2.75, 3.05) is 18.6 Å². The Bertz CT molecular complexity index is 290. The third-order valence-electron chi connectivity index (χ3n) is 2.27. The topological polar surface area (TPSA) is 42.2 Å². The van der Waals surface area contributed by atoms with Crippen molar-refractivity contribution >= 4 is 11.8 Å². The normalized spacial score (nSPS) is 13.4. The minimum absolute atomic E-state index is 0.530. The molecule has 15 heavy (non-hydrogen) atoms. The van der Waals surface area contributed by atoms with Gasteiger partial charge in [-0.05, 0) is 26.6 Å². The van der Waals surface area contributed by atoms with Gasteiger partial charge in [-0.2, -0.15) is 16.7 Å². The van der Waals surface area contributed by atoms with Crippen LogP contribution in [0.1, 0.15) is 25.6 Å². The predicted octanol–water partition coefficient (Wildman–Crippen LogP) is 1.95. The van der Waals surface area contributed by atoms with E-state index >= 15 is 0 Å². The number of hydrogen-bond acceptors (Lipinski definition) is 5. The number of nitrogens with zero attached hydrogens (tertiary/aromatic N) is 3. The fourth-order valence-electron chi connectivity index (χ4n) is 1.19. The van der Waals surface area contributed by atoms with Crippen LogP contribution in [0.3, 0.4) is 0 Å². The third kappa shape index (κ3) is 4.22. The molecule has 0 aliphatic heterocycles. The smallest absolute Gasteiger partial charge is 0.240 e. The Labute approximate surface area is 95.4 Å². The molecule has 0 saturated heterocycles. The van der Waals surface area contributed by atoms with Crippen LogP contribution in [0.15, 0.2) is 4.52 Å². The summed E-state index contributed by atoms with van der Waals surface area (Å²) < 4.78 is 5.08. The van der Waals surface area contributed by atoms with Gasteiger partial charge >= 0.3 is 0 Å². The second-order valence-corrected chi connectivity index (χ2v) is 4.98. The van der Waals surface area contributed by atoms with Gasteiger partial charge in [0.05, 0.1) is 6.54 Å². The van der Waals surface area contributed by atoms with Gasteiger partial charge in [0.15, 0.2) is 5.82 Å². The minimum atomic E-state index is 0.530. The van der Waals surface area contributed by atoms with Gasteiger partial charge in [-0.1, -0.05) is 12.1 Å². The lowest BCUT2D eigenvalue weighted by Crippen LogP contribution is -2.30. The van der Waals surface area contributed by atoms with Gasteiger partial charge in [-0.3, -0.25) is 4.90 Å². The Hall–Kier alpha value is -0.550. The van der Waals surface area contributed by atoms with E-state index in [0.717, 1.165) is 18.1 Å². The lowest BCUT2D eigenvalue weighted by molar-refractivity contribution is 0.228. The second-order valence-electron chi connectivity index (χ2n) is 3.66. The van der Waals surface area contributed by atoms with Crippen molar-refractivity contribution in [3.8, 4) is 0 Å². The predicted molar refractivity (Wildman–Crippen MR) is 63.0 cm³/mol. The van der Waals surface area contributed by atoms with E-state index in [-0.39, 0.29) is 0 Å². The molecular weight excluding hydrogens is 210 g/mol. The first kappa shape index (κ1) is 12.5. The average molecular weight is 229 g/mol. The first-order chi connectivity index (χ1) is 7.13. The van der Waals surface area contributed by atoms with E-state index in [1.807, 2.05) is 18.7 Å². The fraction of sp³-hybridized carbons (Fsp3) is 0.800. The molecule has 0 spiro atoms. The number of aryl methyl sites for hydroxylation is 1. The largest absolute Gasteiger partial charge is 0.338 e. The lowest BCUT2D eigenvalue weighted by Gasteiger charge is -2.22. The van der Waals surface area contributed by atoms with Gasteiger partial charge in [0.2, 0.25) is 5.89 Å². The molecule has 0 fully saturated rings. The summed E-state index contributed by atoms with van der Waals surface area (Å²) in [7, 11) is 2.08. The Morgan fingerprint density at radius 3 is 2.80 bits per heavy atom. The third-order valence-corrected chi connectivity index (χ3v) is 3.40. The molecule has 0 amide bonds. The van der Waals surface area contributed by atoms with Crippen LogP contribution >= 0.6 is 11.8 Å². The summed E-state index contributed by atoms with van der Waals surface area (Å²) in [5.74, 6) is 3.70. The van der Waals surface area contributed by atoms with Crippen molar-refractivity contribution in [3.63, 3.8) is 0 Å². The van der Waals surface area contributed by atoms with Crippen LogP contribution in [0.25, 0.3) is 0 Å². The van der Waals surface area contributed by atoms with E-state index in [1.54, 1.807) is 0 Å². The zero-order chi connectivity index (χ0) is 11.3. The van der Waals surface area contributed by atoms with Gasteiger partial charge < -0.3 is 4.52 Å². The second kappa shape index (κ2) is 6.12. The molecule has 0 bridgehead atoms. The SMILES string of the molecule is CCSC[C@H](C)N(C)Cc1nc(C)no1. The molecule has 0 aliphatic carbocycles. The quantitative estimate of drug-likeness (QED) is 0.746. The molecule has 0 aromatic carbocycles. The summed E-state index contributed by atoms with van der Waals surface area (Å²) >= 11 is 1.95. The van der Waals surface area contributed by atoms with Crippen LogP contribution in [0.2, 0.25) is 0 Å². The van der Waals surface area contributed by atoms with Crippen molar-refractivity contribution in [1.82, 2.24) is 15.0 Å². The molecule has 0 unspecified atom stereocenters. The lowest BCUT2D eigenvalue weighted by atomic mass is 10.3. The van der Waals surface area contributed by atoms with Crippen LogP contribution in [0.5, 0.6) is 0 Å². The molecule has 1 aromatic heterocycles. The molecule has 1 rings (SSSR count). The summed E-state index contributed by atoms with van der Waals surface area (Å²) in [5, 5.41) is 3.77. The first-order valence-electron chi connectivity index (χ1n) is 5.20. The maximum Gasteiger partial charge on any atom is 0.240 e. The monoisotopic (exact) mass is 229 g/mol. The van der Waals surface area contributed by atoms with Gasteiger partial charge in [-0.15, -0.1) is 0 Å². The van der Waals surface area contributed by atoms with Crippen molar-refractivity contribution in [2.45, 2.75) is 33.4 Å². The zero-order valence-electron chi connectivity index (χ0n) is 9.86. The number of thioether (sulfide) groups is 1. The van der Waals surface area contributed by atoms with E-state index in [4.69, 9.17) is 4.52 Å². The fourth-order valence-corrected chi connectivity index (χ4v) is 2.02. The molecule has 0 N–H and O–H groups in total. The summed E-state index contributed by atoms with van der Waals surface area (Å²) in [6, 6.07) is 0.530. The van der Waals surface area contributed by atoms with Gasteiger partial charge in [0, 0.05) is 11.8 Å². The average Bonchev–Trinajstić information content (AvgIpc) is 2.60. The molecule has 0 aliphatic rings. The Balaban J connectivity index is 2.37. The summed E-state index contributed by atoms with van der Waals surface area (Å²) in [4.78, 5) is 6.42. The zero-order valence-corrected chi connectivity index (χ0v) is 10.7. The first-order valence-corrected chi connectivity index (χ1v) is 6.36. The molecule has 1 aromatic rings. The van der Waals surface area contributed by atoms with Crippen molar-refractivity contribution in [1.29, 1.82) is 0 Å². The van der Waals surface area contributed by atoms with E-state index in [2.05, 4.69) is 35.9 Å². The van der Waals surface area contributed by atoms with Crippen molar-refractivity contribution in [2.24, 2.45) is 0 Å². The molecule has 0 saturated carbocycles. The standard InChI is InChI=1S/C10H19N3OS/c1-5-15-7-8(2)13(4)6-10-11-9(3)12-14-10/h8H,5-7H2,1-4H3/t8-/m0/s1. The maximum absolute atomic E-state index is 5.08. The van der Waals surface area contributed by atoms with Gasteiger partial charge in [0.1, 0.15) is 0 Å². The van der Waals surface area contributed by atoms with Crippen LogP contribution < -0.4 is 0 Å². The van der Waals surface area contributed by atoms with E-state index in [9.17, 15) is 0 Å². The van der Waals surface area contributed by atoms with Crippen molar-refractivity contribution in [3.05, 3.63) is 11.7 Å². The van der Waals surface area contributed by atoms with Crippen LogP contribution in [0, 0.1) is 6.92 Å². The van der Waals surface area contributed by atoms with E-state index < -0.39 is 0 Å². The van der Waals surface area contributed by atoms with Crippen LogP contribution in [-0.4, -0.2) is 39.6 Å². The highest BCUT2D eigenvalue weighted by molar-refractivity contribution is 7.99. The van der Waals surface area contributed by atoms with E-state index in [1.165, 1.54) is 0 Å². The highest BCUT2D eigenvalue weighted by Crippen LogP contribution is 2.09. The Morgan fingerprint density at radius 1 is 1.53 bits per heavy atom. The molecule has 1 heterocycles. The molecule has 0 radical (unpaired) electrons. The summed E-state index contributed by atoms with van der Waals surface area (Å²) in [6.07, 6.45) is 0. The van der Waals surface area contributed by atoms with Gasteiger partial charge in [0.25, 0.3) is 0 Å². The Kier molecular flexibility index (Phi) is 5.11. The Morgan fingerprint density at radius 2 is 2.27 bits per heavy atom. The molecular formula is C10H19N3OS. The minimum Gasteiger partial charge on any atom is -0.338 e. The van der Waals surface area contributed by atoms with Gasteiger partial charge in [-0.25, -0.2) is 0 Å². The molecule has 4 nitrogen and oxygen atoms in total. The van der Waals surface area contributed by atoms with Crippen LogP contribution in [-0.2, 0) is 6.54 Å². The summed E-state index contributed by atoms with van der Waals surface area (Å²) in [5.41, 5.74) is 0. The van der Waals surface area contributed by atoms with Crippen LogP contribution in [0.4, 0.5) is 0 Å². The number of aromatic nitrogens is 2. The highest BCUT2D eigenvalue weighted by atomic mass is 32.2. The molecule has 86 valence electrons. The highest BCUT2D eigenvalue weighted by Gasteiger charge is 2.12. The number of rotatable bonds is 6. The van der Waals surface area contributed by atoms with Crippen molar-refractivity contribution < 1.29 is 4.52 Å². The van der Waals surface area contributed by atoms with E-state index in [0.29, 0.717) is 17.8 Å². The number of hydrogen-bond donors (Lipinski definition) is 0. The summed E-state index contributed by atoms with van der Waals surface area (Å²) in [6.45, 7) is 6.96. The molecule has 1 atom stereocenters.